The van der Waals surface area contributed by atoms with Gasteiger partial charge in [0.05, 0.1) is 25.3 Å². The number of hydrogen-bond donors (Lipinski definition) is 0. The highest BCUT2D eigenvalue weighted by Gasteiger charge is 2.30. The van der Waals surface area contributed by atoms with E-state index in [2.05, 4.69) is 5.16 Å². The van der Waals surface area contributed by atoms with E-state index in [1.54, 1.807) is 75.4 Å². The number of carbonyl (C=O) groups excluding carboxylic acids is 2. The van der Waals surface area contributed by atoms with E-state index in [1.165, 1.54) is 18.2 Å². The molecule has 9 heteroatoms. The van der Waals surface area contributed by atoms with Crippen LogP contribution < -0.4 is 9.64 Å². The summed E-state index contributed by atoms with van der Waals surface area (Å²) in [6, 6.07) is 20.0. The summed E-state index contributed by atoms with van der Waals surface area (Å²) in [7, 11) is 0. The van der Waals surface area contributed by atoms with E-state index in [4.69, 9.17) is 18.7 Å². The fourth-order valence-corrected chi connectivity index (χ4v) is 3.81. The lowest BCUT2D eigenvalue weighted by Crippen LogP contribution is -2.28. The number of benzene rings is 3. The van der Waals surface area contributed by atoms with E-state index in [9.17, 15) is 14.0 Å². The number of nitrogens with zero attached hydrogens (tertiary/aromatic N) is 2. The molecule has 0 radical (unpaired) electrons. The van der Waals surface area contributed by atoms with Gasteiger partial charge in [-0.25, -0.2) is 14.1 Å². The second kappa shape index (κ2) is 12.1. The first kappa shape index (κ1) is 26.4. The van der Waals surface area contributed by atoms with Gasteiger partial charge < -0.3 is 18.7 Å². The Hall–Kier alpha value is -4.66. The van der Waals surface area contributed by atoms with Gasteiger partial charge in [-0.1, -0.05) is 29.4 Å². The standard InChI is InChI=1S/C29H27FN2O6/c1-4-35-26(33)18-20-10-14-22(15-11-20)37-23-16-12-21(13-17-23)28-27(19(3)31-38-28)32(29(34)36-5-2)25-9-7-6-8-24(25)30/h6-17H,4-5,18H2,1-3H3. The molecule has 4 aromatic rings. The predicted octanol–water partition coefficient (Wildman–Crippen LogP) is 6.98. The summed E-state index contributed by atoms with van der Waals surface area (Å²) < 4.78 is 36.4. The van der Waals surface area contributed by atoms with Crippen molar-refractivity contribution in [1.29, 1.82) is 0 Å². The number of halogens is 1. The van der Waals surface area contributed by atoms with Crippen molar-refractivity contribution in [2.75, 3.05) is 18.1 Å². The zero-order valence-electron chi connectivity index (χ0n) is 21.3. The van der Waals surface area contributed by atoms with E-state index < -0.39 is 11.9 Å². The van der Waals surface area contributed by atoms with Crippen molar-refractivity contribution in [2.24, 2.45) is 0 Å². The summed E-state index contributed by atoms with van der Waals surface area (Å²) >= 11 is 0. The van der Waals surface area contributed by atoms with Crippen molar-refractivity contribution in [3.05, 3.63) is 89.9 Å². The van der Waals surface area contributed by atoms with Gasteiger partial charge in [-0.15, -0.1) is 0 Å². The number of para-hydroxylation sites is 1. The van der Waals surface area contributed by atoms with Crippen molar-refractivity contribution >= 4 is 23.4 Å². The average Bonchev–Trinajstić information content (AvgIpc) is 3.28. The minimum atomic E-state index is -0.753. The maximum Gasteiger partial charge on any atom is 0.419 e. The third-order valence-corrected chi connectivity index (χ3v) is 5.53. The normalized spacial score (nSPS) is 10.6. The van der Waals surface area contributed by atoms with Crippen molar-refractivity contribution in [3.63, 3.8) is 0 Å². The number of carbonyl (C=O) groups is 2. The number of aromatic nitrogens is 1. The Kier molecular flexibility index (Phi) is 8.37. The van der Waals surface area contributed by atoms with Gasteiger partial charge in [0.1, 0.15) is 28.7 Å². The Morgan fingerprint density at radius 3 is 2.16 bits per heavy atom. The van der Waals surface area contributed by atoms with Crippen LogP contribution in [-0.4, -0.2) is 30.4 Å². The molecule has 1 amide bonds. The lowest BCUT2D eigenvalue weighted by molar-refractivity contribution is -0.142. The zero-order chi connectivity index (χ0) is 27.1. The van der Waals surface area contributed by atoms with Crippen LogP contribution in [0.4, 0.5) is 20.6 Å². The number of anilines is 2. The van der Waals surface area contributed by atoms with E-state index >= 15 is 0 Å². The molecule has 1 aromatic heterocycles. The molecule has 3 aromatic carbocycles. The highest BCUT2D eigenvalue weighted by atomic mass is 19.1. The highest BCUT2D eigenvalue weighted by Crippen LogP contribution is 2.40. The molecular weight excluding hydrogens is 491 g/mol. The maximum absolute atomic E-state index is 14.7. The molecule has 0 aliphatic rings. The van der Waals surface area contributed by atoms with E-state index in [-0.39, 0.29) is 36.1 Å². The Labute approximate surface area is 219 Å². The number of esters is 1. The van der Waals surface area contributed by atoms with Gasteiger partial charge in [-0.05, 0) is 74.9 Å². The van der Waals surface area contributed by atoms with Crippen molar-refractivity contribution < 1.29 is 32.7 Å². The molecule has 0 saturated heterocycles. The van der Waals surface area contributed by atoms with Gasteiger partial charge in [-0.3, -0.25) is 4.79 Å². The fraction of sp³-hybridized carbons (Fsp3) is 0.207. The Morgan fingerprint density at radius 1 is 0.895 bits per heavy atom. The molecule has 0 saturated carbocycles. The van der Waals surface area contributed by atoms with Crippen LogP contribution in [-0.2, 0) is 20.7 Å². The molecule has 0 N–H and O–H groups in total. The summed E-state index contributed by atoms with van der Waals surface area (Å²) in [6.07, 6.45) is -0.561. The molecule has 0 atom stereocenters. The number of rotatable bonds is 9. The fourth-order valence-electron chi connectivity index (χ4n) is 3.81. The minimum Gasteiger partial charge on any atom is -0.466 e. The first-order chi connectivity index (χ1) is 18.4. The van der Waals surface area contributed by atoms with E-state index in [0.717, 1.165) is 10.5 Å². The predicted molar refractivity (Wildman–Crippen MR) is 139 cm³/mol. The van der Waals surface area contributed by atoms with Crippen LogP contribution in [0.5, 0.6) is 11.5 Å². The second-order valence-electron chi connectivity index (χ2n) is 8.18. The molecule has 38 heavy (non-hydrogen) atoms. The topological polar surface area (TPSA) is 91.1 Å². The van der Waals surface area contributed by atoms with Gasteiger partial charge in [0.25, 0.3) is 0 Å². The van der Waals surface area contributed by atoms with Gasteiger partial charge in [0.15, 0.2) is 5.76 Å². The molecule has 8 nitrogen and oxygen atoms in total. The van der Waals surface area contributed by atoms with Crippen molar-refractivity contribution in [2.45, 2.75) is 27.2 Å². The molecule has 0 aliphatic heterocycles. The molecule has 4 rings (SSSR count). The zero-order valence-corrected chi connectivity index (χ0v) is 21.3. The van der Waals surface area contributed by atoms with Crippen LogP contribution in [0, 0.1) is 12.7 Å². The minimum absolute atomic E-state index is 0.0184. The summed E-state index contributed by atoms with van der Waals surface area (Å²) in [4.78, 5) is 25.7. The highest BCUT2D eigenvalue weighted by molar-refractivity contribution is 6.00. The quantitative estimate of drug-likeness (QED) is 0.221. The van der Waals surface area contributed by atoms with Gasteiger partial charge in [0.2, 0.25) is 0 Å². The first-order valence-electron chi connectivity index (χ1n) is 12.1. The monoisotopic (exact) mass is 518 g/mol. The number of ether oxygens (including phenoxy) is 3. The summed E-state index contributed by atoms with van der Waals surface area (Å²) in [6.45, 7) is 5.56. The summed E-state index contributed by atoms with van der Waals surface area (Å²) in [5.41, 5.74) is 2.10. The van der Waals surface area contributed by atoms with Crippen LogP contribution in [0.2, 0.25) is 0 Å². The maximum atomic E-state index is 14.7. The van der Waals surface area contributed by atoms with Crippen molar-refractivity contribution in [1.82, 2.24) is 5.16 Å². The molecule has 0 spiro atoms. The molecule has 0 fully saturated rings. The third kappa shape index (κ3) is 6.00. The lowest BCUT2D eigenvalue weighted by atomic mass is 10.1. The van der Waals surface area contributed by atoms with Crippen LogP contribution in [0.3, 0.4) is 0 Å². The summed E-state index contributed by atoms with van der Waals surface area (Å²) in [5.74, 6) is 0.545. The smallest absolute Gasteiger partial charge is 0.419 e. The Bertz CT molecular complexity index is 1400. The molecule has 0 bridgehead atoms. The number of hydrogen-bond acceptors (Lipinski definition) is 7. The first-order valence-corrected chi connectivity index (χ1v) is 12.1. The third-order valence-electron chi connectivity index (χ3n) is 5.53. The van der Waals surface area contributed by atoms with Gasteiger partial charge >= 0.3 is 12.1 Å². The van der Waals surface area contributed by atoms with Crippen molar-refractivity contribution in [3.8, 4) is 22.8 Å². The Morgan fingerprint density at radius 2 is 1.53 bits per heavy atom. The number of aryl methyl sites for hydroxylation is 1. The van der Waals surface area contributed by atoms with Crippen LogP contribution in [0.25, 0.3) is 11.3 Å². The summed E-state index contributed by atoms with van der Waals surface area (Å²) in [5, 5.41) is 4.03. The van der Waals surface area contributed by atoms with Crippen LogP contribution in [0.1, 0.15) is 25.1 Å². The number of amides is 1. The van der Waals surface area contributed by atoms with E-state index in [1.807, 2.05) is 0 Å². The largest absolute Gasteiger partial charge is 0.466 e. The molecule has 1 heterocycles. The van der Waals surface area contributed by atoms with Gasteiger partial charge in [-0.2, -0.15) is 0 Å². The van der Waals surface area contributed by atoms with Gasteiger partial charge in [0, 0.05) is 5.56 Å². The Balaban J connectivity index is 1.58. The average molecular weight is 519 g/mol. The second-order valence-corrected chi connectivity index (χ2v) is 8.18. The SMILES string of the molecule is CCOC(=O)Cc1ccc(Oc2ccc(-c3onc(C)c3N(C(=O)OCC)c3ccccc3F)cc2)cc1. The van der Waals surface area contributed by atoms with Crippen LogP contribution in [0.15, 0.2) is 77.3 Å². The molecule has 0 unspecified atom stereocenters. The lowest BCUT2D eigenvalue weighted by Gasteiger charge is -2.22. The molecule has 0 aliphatic carbocycles. The van der Waals surface area contributed by atoms with Crippen LogP contribution >= 0.6 is 0 Å². The molecular formula is C29H27FN2O6. The van der Waals surface area contributed by atoms with E-state index in [0.29, 0.717) is 29.4 Å². The molecule has 196 valence electrons.